The number of nitrogens with zero attached hydrogens (tertiary/aromatic N) is 1. The van der Waals surface area contributed by atoms with Gasteiger partial charge in [0.25, 0.3) is 0 Å². The molecule has 1 aromatic heterocycles. The molecule has 3 aromatic rings. The molecule has 0 saturated carbocycles. The predicted molar refractivity (Wildman–Crippen MR) is 89.8 cm³/mol. The van der Waals surface area contributed by atoms with Gasteiger partial charge in [-0.3, -0.25) is 0 Å². The highest BCUT2D eigenvalue weighted by molar-refractivity contribution is 5.81. The van der Waals surface area contributed by atoms with Gasteiger partial charge in [-0.25, -0.2) is 0 Å². The number of hydrogen-bond acceptors (Lipinski definition) is 2. The zero-order valence-electron chi connectivity index (χ0n) is 13.1. The second kappa shape index (κ2) is 6.56. The highest BCUT2D eigenvalue weighted by Crippen LogP contribution is 2.22. The van der Waals surface area contributed by atoms with Crippen LogP contribution in [0.25, 0.3) is 10.9 Å². The number of hydrogen-bond donors (Lipinski definition) is 0. The Kier molecular flexibility index (Phi) is 4.33. The quantitative estimate of drug-likeness (QED) is 0.671. The van der Waals surface area contributed by atoms with Crippen molar-refractivity contribution in [1.29, 1.82) is 0 Å². The molecule has 0 saturated heterocycles. The first kappa shape index (κ1) is 14.5. The van der Waals surface area contributed by atoms with Crippen LogP contribution in [0.5, 0.6) is 11.5 Å². The second-order valence-corrected chi connectivity index (χ2v) is 5.33. The molecule has 0 unspecified atom stereocenters. The molecule has 0 fully saturated rings. The highest BCUT2D eigenvalue weighted by atomic mass is 16.5. The van der Waals surface area contributed by atoms with Crippen LogP contribution in [-0.2, 0) is 6.54 Å². The molecule has 3 rings (SSSR count). The molecule has 0 spiro atoms. The molecule has 0 atom stereocenters. The fourth-order valence-corrected chi connectivity index (χ4v) is 2.60. The Labute approximate surface area is 131 Å². The molecule has 0 radical (unpaired) electrons. The van der Waals surface area contributed by atoms with Crippen LogP contribution in [0.15, 0.2) is 54.7 Å². The normalized spacial score (nSPS) is 10.8. The maximum Gasteiger partial charge on any atom is 0.120 e. The summed E-state index contributed by atoms with van der Waals surface area (Å²) >= 11 is 0. The van der Waals surface area contributed by atoms with E-state index >= 15 is 0 Å². The molecule has 1 heterocycles. The van der Waals surface area contributed by atoms with E-state index in [1.807, 2.05) is 25.1 Å². The number of fused-ring (bicyclic) bond motifs is 1. The van der Waals surface area contributed by atoms with Gasteiger partial charge in [-0.1, -0.05) is 12.1 Å². The average Bonchev–Trinajstić information content (AvgIpc) is 2.90. The van der Waals surface area contributed by atoms with Crippen molar-refractivity contribution in [3.05, 3.63) is 60.3 Å². The number of rotatable bonds is 6. The molecule has 0 N–H and O–H groups in total. The molecule has 0 aliphatic carbocycles. The number of ether oxygens (including phenoxy) is 2. The van der Waals surface area contributed by atoms with Crippen LogP contribution < -0.4 is 9.47 Å². The van der Waals surface area contributed by atoms with Crippen molar-refractivity contribution in [3.63, 3.8) is 0 Å². The van der Waals surface area contributed by atoms with Crippen LogP contribution in [0.4, 0.5) is 0 Å². The summed E-state index contributed by atoms with van der Waals surface area (Å²) in [7, 11) is 0. The van der Waals surface area contributed by atoms with E-state index in [2.05, 4.69) is 48.0 Å². The van der Waals surface area contributed by atoms with Gasteiger partial charge in [-0.2, -0.15) is 0 Å². The van der Waals surface area contributed by atoms with Gasteiger partial charge < -0.3 is 14.0 Å². The molecule has 114 valence electrons. The minimum absolute atomic E-state index is 0.653. The van der Waals surface area contributed by atoms with Gasteiger partial charge in [-0.05, 0) is 55.8 Å². The first-order valence-corrected chi connectivity index (χ1v) is 7.67. The monoisotopic (exact) mass is 295 g/mol. The molecular formula is C19H21NO2. The third-order valence-corrected chi connectivity index (χ3v) is 3.64. The van der Waals surface area contributed by atoms with Crippen molar-refractivity contribution < 1.29 is 9.47 Å². The predicted octanol–water partition coefficient (Wildman–Crippen LogP) is 4.43. The SMILES string of the molecule is CCOc1ccc2c(ccn2CCOc2cccc(C)c2)c1. The molecule has 0 aliphatic rings. The van der Waals surface area contributed by atoms with Gasteiger partial charge in [0.05, 0.1) is 13.2 Å². The lowest BCUT2D eigenvalue weighted by Crippen LogP contribution is -2.07. The molecule has 3 heteroatoms. The molecule has 0 aliphatic heterocycles. The minimum Gasteiger partial charge on any atom is -0.494 e. The summed E-state index contributed by atoms with van der Waals surface area (Å²) in [4.78, 5) is 0. The van der Waals surface area contributed by atoms with Crippen LogP contribution in [0.1, 0.15) is 12.5 Å². The first-order chi connectivity index (χ1) is 10.8. The van der Waals surface area contributed by atoms with Crippen LogP contribution >= 0.6 is 0 Å². The van der Waals surface area contributed by atoms with Crippen molar-refractivity contribution in [1.82, 2.24) is 4.57 Å². The Morgan fingerprint density at radius 2 is 1.82 bits per heavy atom. The van der Waals surface area contributed by atoms with Crippen molar-refractivity contribution in [2.75, 3.05) is 13.2 Å². The average molecular weight is 295 g/mol. The van der Waals surface area contributed by atoms with Crippen LogP contribution in [0.3, 0.4) is 0 Å². The first-order valence-electron chi connectivity index (χ1n) is 7.67. The zero-order valence-corrected chi connectivity index (χ0v) is 13.1. The lowest BCUT2D eigenvalue weighted by molar-refractivity contribution is 0.300. The Hall–Kier alpha value is -2.42. The minimum atomic E-state index is 0.653. The van der Waals surface area contributed by atoms with Gasteiger partial charge in [0.1, 0.15) is 18.1 Å². The van der Waals surface area contributed by atoms with Crippen LogP contribution in [-0.4, -0.2) is 17.8 Å². The third kappa shape index (κ3) is 3.25. The van der Waals surface area contributed by atoms with Gasteiger partial charge in [0, 0.05) is 17.1 Å². The fraction of sp³-hybridized carbons (Fsp3) is 0.263. The van der Waals surface area contributed by atoms with Crippen molar-refractivity contribution in [2.45, 2.75) is 20.4 Å². The number of aromatic nitrogens is 1. The molecule has 2 aromatic carbocycles. The Morgan fingerprint density at radius 3 is 2.64 bits per heavy atom. The highest BCUT2D eigenvalue weighted by Gasteiger charge is 2.03. The molecular weight excluding hydrogens is 274 g/mol. The van der Waals surface area contributed by atoms with E-state index in [1.165, 1.54) is 16.5 Å². The summed E-state index contributed by atoms with van der Waals surface area (Å²) in [5.74, 6) is 1.85. The number of benzene rings is 2. The van der Waals surface area contributed by atoms with E-state index in [-0.39, 0.29) is 0 Å². The smallest absolute Gasteiger partial charge is 0.120 e. The van der Waals surface area contributed by atoms with E-state index in [1.54, 1.807) is 0 Å². The maximum atomic E-state index is 5.83. The summed E-state index contributed by atoms with van der Waals surface area (Å²) < 4.78 is 13.6. The maximum absolute atomic E-state index is 5.83. The van der Waals surface area contributed by atoms with Crippen molar-refractivity contribution in [2.24, 2.45) is 0 Å². The van der Waals surface area contributed by atoms with E-state index in [9.17, 15) is 0 Å². The largest absolute Gasteiger partial charge is 0.494 e. The summed E-state index contributed by atoms with van der Waals surface area (Å²) in [6, 6.07) is 16.5. The standard InChI is InChI=1S/C19H21NO2/c1-3-21-18-7-8-19-16(14-18)9-10-20(19)11-12-22-17-6-4-5-15(2)13-17/h4-10,13-14H,3,11-12H2,1-2H3. The Bertz CT molecular complexity index is 761. The molecule has 3 nitrogen and oxygen atoms in total. The number of aryl methyl sites for hydroxylation is 1. The van der Waals surface area contributed by atoms with Crippen LogP contribution in [0, 0.1) is 6.92 Å². The van der Waals surface area contributed by atoms with Crippen molar-refractivity contribution in [3.8, 4) is 11.5 Å². The lowest BCUT2D eigenvalue weighted by Gasteiger charge is -2.09. The molecule has 22 heavy (non-hydrogen) atoms. The van der Waals surface area contributed by atoms with Gasteiger partial charge in [0.2, 0.25) is 0 Å². The van der Waals surface area contributed by atoms with Gasteiger partial charge in [0.15, 0.2) is 0 Å². The van der Waals surface area contributed by atoms with Gasteiger partial charge >= 0.3 is 0 Å². The lowest BCUT2D eigenvalue weighted by atomic mass is 10.2. The van der Waals surface area contributed by atoms with Crippen molar-refractivity contribution >= 4 is 10.9 Å². The van der Waals surface area contributed by atoms with E-state index < -0.39 is 0 Å². The summed E-state index contributed by atoms with van der Waals surface area (Å²) in [5.41, 5.74) is 2.42. The topological polar surface area (TPSA) is 23.4 Å². The molecule has 0 bridgehead atoms. The Balaban J connectivity index is 1.66. The van der Waals surface area contributed by atoms with E-state index in [0.717, 1.165) is 18.0 Å². The summed E-state index contributed by atoms with van der Waals surface area (Å²) in [6.07, 6.45) is 2.10. The third-order valence-electron chi connectivity index (χ3n) is 3.64. The fourth-order valence-electron chi connectivity index (χ4n) is 2.60. The summed E-state index contributed by atoms with van der Waals surface area (Å²) in [6.45, 7) is 6.24. The molecule has 0 amide bonds. The van der Waals surface area contributed by atoms with E-state index in [0.29, 0.717) is 13.2 Å². The van der Waals surface area contributed by atoms with Gasteiger partial charge in [-0.15, -0.1) is 0 Å². The summed E-state index contributed by atoms with van der Waals surface area (Å²) in [5, 5.41) is 1.20. The van der Waals surface area contributed by atoms with E-state index in [4.69, 9.17) is 9.47 Å². The second-order valence-electron chi connectivity index (χ2n) is 5.33. The van der Waals surface area contributed by atoms with Crippen LogP contribution in [0.2, 0.25) is 0 Å². The Morgan fingerprint density at radius 1 is 0.955 bits per heavy atom. The zero-order chi connectivity index (χ0) is 15.4.